The topological polar surface area (TPSA) is 223 Å². The lowest BCUT2D eigenvalue weighted by atomic mass is 9.94. The smallest absolute Gasteiger partial charge is 0.312 e. The number of nitrogens with two attached hydrogens (primary N) is 2. The highest BCUT2D eigenvalue weighted by molar-refractivity contribution is 6.03. The van der Waals surface area contributed by atoms with Crippen molar-refractivity contribution in [3.05, 3.63) is 0 Å². The Morgan fingerprint density at radius 3 is 2.09 bits per heavy atom. The Morgan fingerprint density at radius 1 is 0.848 bits per heavy atom. The summed E-state index contributed by atoms with van der Waals surface area (Å²) in [6, 6.07) is -3.30. The van der Waals surface area contributed by atoms with E-state index in [0.29, 0.717) is 64.5 Å². The van der Waals surface area contributed by atoms with Crippen LogP contribution in [0.5, 0.6) is 0 Å². The van der Waals surface area contributed by atoms with Gasteiger partial charge in [-0.1, -0.05) is 41.0 Å². The standard InChI is InChI=1S/C32H57N7O7/c1-6-25(40)23(14-12-17-35-32(34)46)37-30(44)28(21(4)5)38-29(43)24(13-9-10-16-33)36-26(41)15-8-7-11-18-39-27(42)19-22(20(2)3)31(39)45/h20-24,28H,6-19,33H2,1-5H3,(H,36,41)(H,37,44)(H,38,43)(H3,34,35,46). The molecule has 46 heavy (non-hydrogen) atoms. The van der Waals surface area contributed by atoms with Gasteiger partial charge in [0.1, 0.15) is 12.1 Å². The molecule has 1 fully saturated rings. The summed E-state index contributed by atoms with van der Waals surface area (Å²) in [6.07, 6.45) is 4.65. The number of primary amides is 1. The van der Waals surface area contributed by atoms with E-state index in [0.717, 1.165) is 0 Å². The summed E-state index contributed by atoms with van der Waals surface area (Å²) in [5, 5.41) is 10.8. The van der Waals surface area contributed by atoms with Gasteiger partial charge in [0, 0.05) is 38.3 Å². The highest BCUT2D eigenvalue weighted by Crippen LogP contribution is 2.26. The van der Waals surface area contributed by atoms with Gasteiger partial charge in [0.15, 0.2) is 5.78 Å². The molecule has 0 aromatic carbocycles. The third-order valence-electron chi connectivity index (χ3n) is 8.24. The first kappa shape index (κ1) is 40.5. The van der Waals surface area contributed by atoms with Crippen molar-refractivity contribution in [1.29, 1.82) is 0 Å². The quantitative estimate of drug-likeness (QED) is 0.0695. The van der Waals surface area contributed by atoms with Gasteiger partial charge >= 0.3 is 6.03 Å². The summed E-state index contributed by atoms with van der Waals surface area (Å²) in [5.74, 6) is -2.25. The molecular weight excluding hydrogens is 594 g/mol. The molecule has 14 nitrogen and oxygen atoms in total. The maximum absolute atomic E-state index is 13.4. The molecule has 262 valence electrons. The molecular formula is C32H57N7O7. The van der Waals surface area contributed by atoms with Crippen molar-refractivity contribution in [3.8, 4) is 0 Å². The first-order chi connectivity index (χ1) is 21.7. The number of carbonyl (C=O) groups excluding carboxylic acids is 7. The second-order valence-corrected chi connectivity index (χ2v) is 12.7. The second kappa shape index (κ2) is 21.3. The van der Waals surface area contributed by atoms with Gasteiger partial charge in [-0.2, -0.15) is 0 Å². The zero-order valence-corrected chi connectivity index (χ0v) is 28.3. The van der Waals surface area contributed by atoms with Crippen LogP contribution in [0.25, 0.3) is 0 Å². The lowest BCUT2D eigenvalue weighted by Crippen LogP contribution is -2.57. The summed E-state index contributed by atoms with van der Waals surface area (Å²) in [7, 11) is 0. The molecule has 1 aliphatic heterocycles. The monoisotopic (exact) mass is 651 g/mol. The van der Waals surface area contributed by atoms with Crippen LogP contribution >= 0.6 is 0 Å². The van der Waals surface area contributed by atoms with Crippen LogP contribution < -0.4 is 32.7 Å². The molecule has 1 aliphatic rings. The van der Waals surface area contributed by atoms with Gasteiger partial charge in [-0.05, 0) is 63.3 Å². The maximum Gasteiger partial charge on any atom is 0.312 e. The molecule has 0 aliphatic carbocycles. The van der Waals surface area contributed by atoms with E-state index in [1.165, 1.54) is 4.90 Å². The summed E-state index contributed by atoms with van der Waals surface area (Å²) < 4.78 is 0. The Balaban J connectivity index is 2.74. The van der Waals surface area contributed by atoms with Gasteiger partial charge in [-0.15, -0.1) is 0 Å². The van der Waals surface area contributed by atoms with E-state index in [-0.39, 0.29) is 67.1 Å². The minimum atomic E-state index is -0.955. The second-order valence-electron chi connectivity index (χ2n) is 12.7. The van der Waals surface area contributed by atoms with Crippen molar-refractivity contribution < 1.29 is 33.6 Å². The first-order valence-corrected chi connectivity index (χ1v) is 16.7. The van der Waals surface area contributed by atoms with Gasteiger partial charge in [0.25, 0.3) is 0 Å². The van der Waals surface area contributed by atoms with Gasteiger partial charge in [0.2, 0.25) is 29.5 Å². The number of rotatable bonds is 23. The van der Waals surface area contributed by atoms with Crippen LogP contribution in [0.15, 0.2) is 0 Å². The summed E-state index contributed by atoms with van der Waals surface area (Å²) in [5.41, 5.74) is 10.7. The number of urea groups is 1. The van der Waals surface area contributed by atoms with E-state index in [2.05, 4.69) is 21.3 Å². The third-order valence-corrected chi connectivity index (χ3v) is 8.24. The molecule has 0 bridgehead atoms. The fraction of sp³-hybridized carbons (Fsp3) is 0.781. The predicted molar refractivity (Wildman–Crippen MR) is 174 cm³/mol. The van der Waals surface area contributed by atoms with Crippen molar-refractivity contribution in [2.75, 3.05) is 19.6 Å². The van der Waals surface area contributed by atoms with Gasteiger partial charge in [0.05, 0.1) is 6.04 Å². The van der Waals surface area contributed by atoms with E-state index in [4.69, 9.17) is 11.5 Å². The minimum Gasteiger partial charge on any atom is -0.352 e. The fourth-order valence-corrected chi connectivity index (χ4v) is 5.35. The number of carbonyl (C=O) groups is 7. The van der Waals surface area contributed by atoms with E-state index in [9.17, 15) is 33.6 Å². The van der Waals surface area contributed by atoms with Crippen LogP contribution in [0, 0.1) is 17.8 Å². The molecule has 1 saturated heterocycles. The number of hydrogen-bond donors (Lipinski definition) is 6. The summed E-state index contributed by atoms with van der Waals surface area (Å²) in [4.78, 5) is 89.0. The first-order valence-electron chi connectivity index (χ1n) is 16.7. The van der Waals surface area contributed by atoms with Crippen LogP contribution in [-0.2, 0) is 28.8 Å². The molecule has 8 N–H and O–H groups in total. The van der Waals surface area contributed by atoms with E-state index >= 15 is 0 Å². The number of imide groups is 1. The van der Waals surface area contributed by atoms with E-state index in [1.807, 2.05) is 13.8 Å². The normalized spacial score (nSPS) is 16.7. The van der Waals surface area contributed by atoms with Crippen molar-refractivity contribution in [2.24, 2.45) is 29.2 Å². The lowest BCUT2D eigenvalue weighted by molar-refractivity contribution is -0.140. The minimum absolute atomic E-state index is 0.107. The Morgan fingerprint density at radius 2 is 1.52 bits per heavy atom. The number of unbranched alkanes of at least 4 members (excludes halogenated alkanes) is 3. The van der Waals surface area contributed by atoms with Gasteiger partial charge < -0.3 is 32.7 Å². The molecule has 4 unspecified atom stereocenters. The molecule has 0 aromatic heterocycles. The largest absolute Gasteiger partial charge is 0.352 e. The van der Waals surface area contributed by atoms with Crippen molar-refractivity contribution in [2.45, 2.75) is 123 Å². The number of amides is 7. The zero-order valence-electron chi connectivity index (χ0n) is 28.3. The molecule has 0 spiro atoms. The lowest BCUT2D eigenvalue weighted by Gasteiger charge is -2.27. The molecule has 0 radical (unpaired) electrons. The molecule has 1 heterocycles. The van der Waals surface area contributed by atoms with Crippen LogP contribution in [0.3, 0.4) is 0 Å². The number of nitrogens with zero attached hydrogens (tertiary/aromatic N) is 1. The highest BCUT2D eigenvalue weighted by atomic mass is 16.2. The van der Waals surface area contributed by atoms with Crippen LogP contribution in [0.1, 0.15) is 105 Å². The Bertz CT molecular complexity index is 1050. The molecule has 1 rings (SSSR count). The van der Waals surface area contributed by atoms with Crippen LogP contribution in [0.4, 0.5) is 4.79 Å². The molecule has 0 saturated carbocycles. The van der Waals surface area contributed by atoms with Gasteiger partial charge in [-0.3, -0.25) is 33.7 Å². The Kier molecular flexibility index (Phi) is 18.7. The fourth-order valence-electron chi connectivity index (χ4n) is 5.35. The van der Waals surface area contributed by atoms with Crippen molar-refractivity contribution in [3.63, 3.8) is 0 Å². The third kappa shape index (κ3) is 14.3. The highest BCUT2D eigenvalue weighted by Gasteiger charge is 2.39. The van der Waals surface area contributed by atoms with Gasteiger partial charge in [-0.25, -0.2) is 4.79 Å². The molecule has 7 amide bonds. The number of ketones is 1. The number of likely N-dealkylation sites (tertiary alicyclic amines) is 1. The Hall–Kier alpha value is -3.55. The van der Waals surface area contributed by atoms with Crippen LogP contribution in [0.2, 0.25) is 0 Å². The summed E-state index contributed by atoms with van der Waals surface area (Å²) in [6.45, 7) is 10.1. The predicted octanol–water partition coefficient (Wildman–Crippen LogP) is 1.24. The molecule has 14 heteroatoms. The van der Waals surface area contributed by atoms with Crippen molar-refractivity contribution >= 4 is 41.4 Å². The number of hydrogen-bond acceptors (Lipinski definition) is 8. The van der Waals surface area contributed by atoms with E-state index < -0.39 is 36.0 Å². The summed E-state index contributed by atoms with van der Waals surface area (Å²) >= 11 is 0. The number of nitrogens with one attached hydrogen (secondary N) is 4. The molecule has 0 aromatic rings. The van der Waals surface area contributed by atoms with Crippen LogP contribution in [-0.4, -0.2) is 84.0 Å². The average Bonchev–Trinajstić information content (AvgIpc) is 3.28. The number of Topliss-reactive ketones (excluding diaryl/α,β-unsaturated/α-hetero) is 1. The maximum atomic E-state index is 13.4. The van der Waals surface area contributed by atoms with Crippen molar-refractivity contribution in [1.82, 2.24) is 26.2 Å². The SMILES string of the molecule is CCC(=O)C(CCCNC(N)=O)NC(=O)C(NC(=O)C(CCCCN)NC(=O)CCCCCN1C(=O)CC(C(C)C)C1=O)C(C)C. The van der Waals surface area contributed by atoms with E-state index in [1.54, 1.807) is 20.8 Å². The Labute approximate surface area is 273 Å². The zero-order chi connectivity index (χ0) is 34.8. The molecule has 4 atom stereocenters. The average molecular weight is 652 g/mol.